The molecule has 0 spiro atoms. The van der Waals surface area contributed by atoms with E-state index in [1.807, 2.05) is 24.3 Å². The Morgan fingerprint density at radius 1 is 1.14 bits per heavy atom. The van der Waals surface area contributed by atoms with Crippen molar-refractivity contribution < 1.29 is 14.6 Å². The quantitative estimate of drug-likeness (QED) is 0.928. The average Bonchev–Trinajstić information content (AvgIpc) is 2.62. The van der Waals surface area contributed by atoms with Crippen LogP contribution in [0.25, 0.3) is 0 Å². The van der Waals surface area contributed by atoms with Gasteiger partial charge in [0.15, 0.2) is 0 Å². The topological polar surface area (TPSA) is 41.9 Å². The zero-order chi connectivity index (χ0) is 15.4. The van der Waals surface area contributed by atoms with Crippen LogP contribution in [-0.4, -0.2) is 49.5 Å². The third-order valence-corrected chi connectivity index (χ3v) is 5.16. The molecule has 1 aliphatic heterocycles. The molecule has 1 N–H and O–H groups in total. The Balaban J connectivity index is 1.73. The molecule has 22 heavy (non-hydrogen) atoms. The molecule has 4 heteroatoms. The molecule has 0 amide bonds. The van der Waals surface area contributed by atoms with Crippen molar-refractivity contribution in [3.05, 3.63) is 29.8 Å². The lowest BCUT2D eigenvalue weighted by molar-refractivity contribution is -0.0372. The Morgan fingerprint density at radius 3 is 2.50 bits per heavy atom. The van der Waals surface area contributed by atoms with Gasteiger partial charge in [0.25, 0.3) is 0 Å². The van der Waals surface area contributed by atoms with Gasteiger partial charge in [-0.2, -0.15) is 0 Å². The molecule has 3 atom stereocenters. The van der Waals surface area contributed by atoms with E-state index >= 15 is 0 Å². The van der Waals surface area contributed by atoms with E-state index in [0.29, 0.717) is 12.0 Å². The molecule has 1 aromatic rings. The van der Waals surface area contributed by atoms with Crippen LogP contribution in [0.15, 0.2) is 24.3 Å². The number of ether oxygens (including phenoxy) is 2. The minimum absolute atomic E-state index is 0.320. The highest BCUT2D eigenvalue weighted by molar-refractivity contribution is 5.29. The summed E-state index contributed by atoms with van der Waals surface area (Å²) in [5.41, 5.74) is 1.01. The van der Waals surface area contributed by atoms with Crippen LogP contribution in [0.4, 0.5) is 0 Å². The van der Waals surface area contributed by atoms with Crippen LogP contribution >= 0.6 is 0 Å². The normalized spacial score (nSPS) is 28.3. The van der Waals surface area contributed by atoms with E-state index in [0.717, 1.165) is 44.0 Å². The zero-order valence-corrected chi connectivity index (χ0v) is 13.4. The van der Waals surface area contributed by atoms with Gasteiger partial charge in [0.1, 0.15) is 5.75 Å². The molecular weight excluding hydrogens is 278 g/mol. The molecule has 3 rings (SSSR count). The lowest BCUT2D eigenvalue weighted by atomic mass is 9.78. The summed E-state index contributed by atoms with van der Waals surface area (Å²) in [5, 5.41) is 10.9. The van der Waals surface area contributed by atoms with Crippen LogP contribution in [0.2, 0.25) is 0 Å². The molecule has 1 saturated heterocycles. The van der Waals surface area contributed by atoms with Crippen molar-refractivity contribution in [2.24, 2.45) is 5.92 Å². The van der Waals surface area contributed by atoms with Crippen molar-refractivity contribution in [1.29, 1.82) is 0 Å². The molecule has 122 valence electrons. The van der Waals surface area contributed by atoms with Gasteiger partial charge in [-0.25, -0.2) is 0 Å². The molecule has 1 heterocycles. The second-order valence-corrected chi connectivity index (χ2v) is 6.38. The first kappa shape index (κ1) is 15.8. The van der Waals surface area contributed by atoms with E-state index in [-0.39, 0.29) is 6.10 Å². The fraction of sp³-hybridized carbons (Fsp3) is 0.667. The lowest BCUT2D eigenvalue weighted by Gasteiger charge is -2.43. The van der Waals surface area contributed by atoms with Gasteiger partial charge < -0.3 is 14.6 Å². The Morgan fingerprint density at radius 2 is 1.82 bits per heavy atom. The van der Waals surface area contributed by atoms with Crippen molar-refractivity contribution in [2.45, 2.75) is 37.8 Å². The maximum atomic E-state index is 10.9. The monoisotopic (exact) mass is 305 g/mol. The summed E-state index contributed by atoms with van der Waals surface area (Å²) >= 11 is 0. The maximum absolute atomic E-state index is 10.9. The number of morpholine rings is 1. The molecule has 1 aromatic carbocycles. The smallest absolute Gasteiger partial charge is 0.118 e. The van der Waals surface area contributed by atoms with E-state index in [2.05, 4.69) is 4.90 Å². The Bertz CT molecular complexity index is 456. The van der Waals surface area contributed by atoms with Crippen LogP contribution in [0.5, 0.6) is 5.75 Å². The number of rotatable bonds is 4. The second-order valence-electron chi connectivity index (χ2n) is 6.38. The van der Waals surface area contributed by atoms with Crippen LogP contribution in [0, 0.1) is 5.92 Å². The van der Waals surface area contributed by atoms with Crippen LogP contribution in [-0.2, 0) is 4.74 Å². The molecule has 0 aromatic heterocycles. The first-order valence-corrected chi connectivity index (χ1v) is 8.43. The molecule has 0 radical (unpaired) electrons. The fourth-order valence-corrected chi connectivity index (χ4v) is 3.92. The highest BCUT2D eigenvalue weighted by Crippen LogP contribution is 2.37. The minimum atomic E-state index is -0.390. The van der Waals surface area contributed by atoms with Gasteiger partial charge in [0.2, 0.25) is 0 Å². The van der Waals surface area contributed by atoms with Crippen molar-refractivity contribution in [3.63, 3.8) is 0 Å². The first-order chi connectivity index (χ1) is 10.8. The van der Waals surface area contributed by atoms with E-state index in [1.54, 1.807) is 7.11 Å². The SMILES string of the molecule is COc1ccc(C(O)C2CCCCC2N2CCOCC2)cc1. The lowest BCUT2D eigenvalue weighted by Crippen LogP contribution is -2.49. The molecule has 2 fully saturated rings. The summed E-state index contributed by atoms with van der Waals surface area (Å²) in [4.78, 5) is 2.53. The number of methoxy groups -OCH3 is 1. The molecule has 3 unspecified atom stereocenters. The van der Waals surface area contributed by atoms with Crippen LogP contribution in [0.1, 0.15) is 37.4 Å². The fourth-order valence-electron chi connectivity index (χ4n) is 3.92. The summed E-state index contributed by atoms with van der Waals surface area (Å²) in [6, 6.07) is 8.34. The van der Waals surface area contributed by atoms with Gasteiger partial charge in [-0.15, -0.1) is 0 Å². The minimum Gasteiger partial charge on any atom is -0.497 e. The molecule has 2 aliphatic rings. The zero-order valence-electron chi connectivity index (χ0n) is 13.4. The Hall–Kier alpha value is -1.10. The molecule has 4 nitrogen and oxygen atoms in total. The summed E-state index contributed by atoms with van der Waals surface area (Å²) in [7, 11) is 1.67. The van der Waals surface area contributed by atoms with Gasteiger partial charge in [0.05, 0.1) is 26.4 Å². The van der Waals surface area contributed by atoms with Crippen molar-refractivity contribution in [1.82, 2.24) is 4.90 Å². The number of nitrogens with zero attached hydrogens (tertiary/aromatic N) is 1. The van der Waals surface area contributed by atoms with Gasteiger partial charge in [-0.05, 0) is 30.5 Å². The first-order valence-electron chi connectivity index (χ1n) is 8.43. The Kier molecular flexibility index (Phi) is 5.34. The van der Waals surface area contributed by atoms with Crippen LogP contribution in [0.3, 0.4) is 0 Å². The maximum Gasteiger partial charge on any atom is 0.118 e. The number of benzene rings is 1. The van der Waals surface area contributed by atoms with Crippen molar-refractivity contribution in [3.8, 4) is 5.75 Å². The summed E-state index contributed by atoms with van der Waals surface area (Å²) in [5.74, 6) is 1.16. The van der Waals surface area contributed by atoms with Gasteiger partial charge >= 0.3 is 0 Å². The predicted octanol–water partition coefficient (Wildman–Crippen LogP) is 2.62. The second kappa shape index (κ2) is 7.44. The molecule has 1 saturated carbocycles. The van der Waals surface area contributed by atoms with Crippen molar-refractivity contribution in [2.75, 3.05) is 33.4 Å². The Labute approximate surface area is 133 Å². The summed E-state index contributed by atoms with van der Waals surface area (Å²) in [6.45, 7) is 3.64. The van der Waals surface area contributed by atoms with Gasteiger partial charge in [0, 0.05) is 25.0 Å². The van der Waals surface area contributed by atoms with E-state index in [4.69, 9.17) is 9.47 Å². The van der Waals surface area contributed by atoms with E-state index in [1.165, 1.54) is 19.3 Å². The molecular formula is C18H27NO3. The summed E-state index contributed by atoms with van der Waals surface area (Å²) < 4.78 is 10.7. The highest BCUT2D eigenvalue weighted by atomic mass is 16.5. The number of hydrogen-bond acceptors (Lipinski definition) is 4. The summed E-state index contributed by atoms with van der Waals surface area (Å²) in [6.07, 6.45) is 4.40. The van der Waals surface area contributed by atoms with E-state index < -0.39 is 0 Å². The number of aliphatic hydroxyl groups is 1. The average molecular weight is 305 g/mol. The predicted molar refractivity (Wildman–Crippen MR) is 86.1 cm³/mol. The van der Waals surface area contributed by atoms with Gasteiger partial charge in [-0.3, -0.25) is 4.90 Å². The van der Waals surface area contributed by atoms with Crippen molar-refractivity contribution >= 4 is 0 Å². The molecule has 1 aliphatic carbocycles. The number of aliphatic hydroxyl groups excluding tert-OH is 1. The number of hydrogen-bond donors (Lipinski definition) is 1. The van der Waals surface area contributed by atoms with E-state index in [9.17, 15) is 5.11 Å². The highest BCUT2D eigenvalue weighted by Gasteiger charge is 2.35. The van der Waals surface area contributed by atoms with Gasteiger partial charge in [-0.1, -0.05) is 25.0 Å². The third kappa shape index (κ3) is 3.45. The van der Waals surface area contributed by atoms with Crippen LogP contribution < -0.4 is 4.74 Å². The largest absolute Gasteiger partial charge is 0.497 e. The third-order valence-electron chi connectivity index (χ3n) is 5.16. The standard InChI is InChI=1S/C18H27NO3/c1-21-15-8-6-14(7-9-15)18(20)16-4-2-3-5-17(16)19-10-12-22-13-11-19/h6-9,16-18,20H,2-5,10-13H2,1H3. The molecule has 0 bridgehead atoms.